The van der Waals surface area contributed by atoms with Crippen LogP contribution in [0.3, 0.4) is 0 Å². The topological polar surface area (TPSA) is 76.1 Å². The van der Waals surface area contributed by atoms with Crippen LogP contribution < -0.4 is 0 Å². The standard InChI is InChI=1S/C15H18O5/c1-9-4-6-11(7-5-9)15(10(2)17,14(18)19-3)13-12(8-16)20-13/h4-7,12-13,16H,8H2,1-3H3. The van der Waals surface area contributed by atoms with Gasteiger partial charge in [0.1, 0.15) is 12.2 Å². The lowest BCUT2D eigenvalue weighted by atomic mass is 9.73. The number of esters is 1. The first-order chi connectivity index (χ1) is 9.48. The molecule has 20 heavy (non-hydrogen) atoms. The zero-order valence-corrected chi connectivity index (χ0v) is 11.8. The molecule has 0 aliphatic carbocycles. The molecule has 0 amide bonds. The molecule has 0 saturated carbocycles. The van der Waals surface area contributed by atoms with Crippen molar-refractivity contribution in [3.63, 3.8) is 0 Å². The lowest BCUT2D eigenvalue weighted by Gasteiger charge is -2.27. The summed E-state index contributed by atoms with van der Waals surface area (Å²) in [5.41, 5.74) is 0.0467. The fourth-order valence-electron chi connectivity index (χ4n) is 2.59. The molecule has 2 rings (SSSR count). The first-order valence-corrected chi connectivity index (χ1v) is 6.41. The molecular formula is C15H18O5. The number of aryl methyl sites for hydroxylation is 1. The van der Waals surface area contributed by atoms with Gasteiger partial charge in [0.2, 0.25) is 0 Å². The van der Waals surface area contributed by atoms with E-state index in [9.17, 15) is 14.7 Å². The fourth-order valence-corrected chi connectivity index (χ4v) is 2.59. The number of aliphatic hydroxyl groups excluding tert-OH is 1. The van der Waals surface area contributed by atoms with Crippen molar-refractivity contribution in [2.24, 2.45) is 0 Å². The van der Waals surface area contributed by atoms with Crippen LogP contribution in [0, 0.1) is 6.92 Å². The molecule has 108 valence electrons. The highest BCUT2D eigenvalue weighted by molar-refractivity contribution is 6.10. The normalized spacial score (nSPS) is 23.8. The molecule has 1 N–H and O–H groups in total. The van der Waals surface area contributed by atoms with Gasteiger partial charge in [0.15, 0.2) is 11.2 Å². The summed E-state index contributed by atoms with van der Waals surface area (Å²) in [6.07, 6.45) is -1.19. The van der Waals surface area contributed by atoms with Crippen molar-refractivity contribution >= 4 is 11.8 Å². The number of rotatable bonds is 5. The number of hydrogen-bond acceptors (Lipinski definition) is 5. The van der Waals surface area contributed by atoms with Crippen molar-refractivity contribution in [1.82, 2.24) is 0 Å². The number of Topliss-reactive ketones (excluding diaryl/α,β-unsaturated/α-hetero) is 1. The highest BCUT2D eigenvalue weighted by Crippen LogP contribution is 2.43. The summed E-state index contributed by atoms with van der Waals surface area (Å²) in [4.78, 5) is 24.5. The molecule has 1 aromatic rings. The Morgan fingerprint density at radius 3 is 2.35 bits per heavy atom. The zero-order chi connectivity index (χ0) is 14.9. The van der Waals surface area contributed by atoms with Gasteiger partial charge in [-0.2, -0.15) is 0 Å². The molecule has 1 saturated heterocycles. The van der Waals surface area contributed by atoms with Crippen molar-refractivity contribution in [3.8, 4) is 0 Å². The van der Waals surface area contributed by atoms with Crippen LogP contribution in [0.1, 0.15) is 18.1 Å². The third-order valence-electron chi connectivity index (χ3n) is 3.76. The first-order valence-electron chi connectivity index (χ1n) is 6.41. The molecule has 1 heterocycles. The van der Waals surface area contributed by atoms with Crippen molar-refractivity contribution in [3.05, 3.63) is 35.4 Å². The van der Waals surface area contributed by atoms with Crippen LogP contribution >= 0.6 is 0 Å². The summed E-state index contributed by atoms with van der Waals surface area (Å²) in [5, 5.41) is 9.18. The van der Waals surface area contributed by atoms with E-state index < -0.39 is 23.6 Å². The number of ketones is 1. The van der Waals surface area contributed by atoms with E-state index in [0.29, 0.717) is 5.56 Å². The third kappa shape index (κ3) is 2.13. The van der Waals surface area contributed by atoms with Gasteiger partial charge in [-0.3, -0.25) is 9.59 Å². The second-order valence-corrected chi connectivity index (χ2v) is 5.00. The maximum atomic E-state index is 12.3. The summed E-state index contributed by atoms with van der Waals surface area (Å²) in [6.45, 7) is 3.02. The maximum absolute atomic E-state index is 12.3. The lowest BCUT2D eigenvalue weighted by Crippen LogP contribution is -2.49. The predicted octanol–water partition coefficient (Wildman–Crippen LogP) is 0.755. The molecule has 1 aliphatic heterocycles. The van der Waals surface area contributed by atoms with Crippen LogP contribution in [0.25, 0.3) is 0 Å². The summed E-state index contributed by atoms with van der Waals surface area (Å²) in [6, 6.07) is 7.10. The summed E-state index contributed by atoms with van der Waals surface area (Å²) < 4.78 is 10.2. The van der Waals surface area contributed by atoms with Crippen LogP contribution in [0.5, 0.6) is 0 Å². The predicted molar refractivity (Wildman–Crippen MR) is 71.3 cm³/mol. The van der Waals surface area contributed by atoms with Gasteiger partial charge in [-0.15, -0.1) is 0 Å². The van der Waals surface area contributed by atoms with Gasteiger partial charge in [-0.25, -0.2) is 0 Å². The van der Waals surface area contributed by atoms with E-state index >= 15 is 0 Å². The molecule has 0 spiro atoms. The average molecular weight is 278 g/mol. The zero-order valence-electron chi connectivity index (χ0n) is 11.8. The molecule has 1 fully saturated rings. The third-order valence-corrected chi connectivity index (χ3v) is 3.76. The van der Waals surface area contributed by atoms with Crippen molar-refractivity contribution < 1.29 is 24.2 Å². The molecule has 0 radical (unpaired) electrons. The van der Waals surface area contributed by atoms with Crippen molar-refractivity contribution in [1.29, 1.82) is 0 Å². The number of aliphatic hydroxyl groups is 1. The summed E-state index contributed by atoms with van der Waals surface area (Å²) in [7, 11) is 1.24. The number of methoxy groups -OCH3 is 1. The Morgan fingerprint density at radius 1 is 1.35 bits per heavy atom. The highest BCUT2D eigenvalue weighted by atomic mass is 16.6. The first kappa shape index (κ1) is 14.7. The van der Waals surface area contributed by atoms with Crippen LogP contribution in [0.15, 0.2) is 24.3 Å². The quantitative estimate of drug-likeness (QED) is 0.489. The molecule has 3 unspecified atom stereocenters. The summed E-state index contributed by atoms with van der Waals surface area (Å²) in [5.74, 6) is -1.01. The number of carbonyl (C=O) groups excluding carboxylic acids is 2. The number of carbonyl (C=O) groups is 2. The Balaban J connectivity index is 2.55. The Bertz CT molecular complexity index is 522. The summed E-state index contributed by atoms with van der Waals surface area (Å²) >= 11 is 0. The Hall–Kier alpha value is -1.72. The van der Waals surface area contributed by atoms with Gasteiger partial charge in [-0.05, 0) is 19.4 Å². The molecule has 0 bridgehead atoms. The van der Waals surface area contributed by atoms with E-state index in [0.717, 1.165) is 5.56 Å². The van der Waals surface area contributed by atoms with Gasteiger partial charge in [0, 0.05) is 0 Å². The van der Waals surface area contributed by atoms with Crippen LogP contribution in [0.2, 0.25) is 0 Å². The monoisotopic (exact) mass is 278 g/mol. The van der Waals surface area contributed by atoms with E-state index in [4.69, 9.17) is 9.47 Å². The van der Waals surface area contributed by atoms with E-state index in [2.05, 4.69) is 0 Å². The number of ether oxygens (including phenoxy) is 2. The highest BCUT2D eigenvalue weighted by Gasteiger charge is 2.63. The van der Waals surface area contributed by atoms with Crippen LogP contribution in [-0.2, 0) is 24.5 Å². The Kier molecular flexibility index (Phi) is 3.92. The molecule has 0 aromatic heterocycles. The maximum Gasteiger partial charge on any atom is 0.326 e. The lowest BCUT2D eigenvalue weighted by molar-refractivity contribution is -0.152. The second-order valence-electron chi connectivity index (χ2n) is 5.00. The number of benzene rings is 1. The second kappa shape index (κ2) is 5.34. The van der Waals surface area contributed by atoms with Gasteiger partial charge >= 0.3 is 5.97 Å². The van der Waals surface area contributed by atoms with E-state index in [1.165, 1.54) is 14.0 Å². The number of epoxide rings is 1. The van der Waals surface area contributed by atoms with Crippen LogP contribution in [-0.4, -0.2) is 42.8 Å². The fraction of sp³-hybridized carbons (Fsp3) is 0.467. The smallest absolute Gasteiger partial charge is 0.326 e. The van der Waals surface area contributed by atoms with E-state index in [1.54, 1.807) is 12.1 Å². The average Bonchev–Trinajstić information content (AvgIpc) is 3.20. The minimum atomic E-state index is -1.50. The van der Waals surface area contributed by atoms with Crippen molar-refractivity contribution in [2.75, 3.05) is 13.7 Å². The van der Waals surface area contributed by atoms with Gasteiger partial charge in [0.05, 0.1) is 13.7 Å². The minimum Gasteiger partial charge on any atom is -0.468 e. The molecule has 5 nitrogen and oxygen atoms in total. The van der Waals surface area contributed by atoms with Crippen LogP contribution in [0.4, 0.5) is 0 Å². The largest absolute Gasteiger partial charge is 0.468 e. The van der Waals surface area contributed by atoms with E-state index in [-0.39, 0.29) is 12.4 Å². The molecular weight excluding hydrogens is 260 g/mol. The molecule has 1 aromatic carbocycles. The van der Waals surface area contributed by atoms with Crippen molar-refractivity contribution in [2.45, 2.75) is 31.5 Å². The van der Waals surface area contributed by atoms with Gasteiger partial charge in [-0.1, -0.05) is 29.8 Å². The Labute approximate surface area is 117 Å². The number of hydrogen-bond donors (Lipinski definition) is 1. The van der Waals surface area contributed by atoms with E-state index in [1.807, 2.05) is 19.1 Å². The molecule has 3 atom stereocenters. The SMILES string of the molecule is COC(=O)C(C(C)=O)(c1ccc(C)cc1)C1OC1CO. The van der Waals surface area contributed by atoms with Gasteiger partial charge < -0.3 is 14.6 Å². The minimum absolute atomic E-state index is 0.234. The molecule has 5 heteroatoms. The Morgan fingerprint density at radius 2 is 1.95 bits per heavy atom. The molecule has 1 aliphatic rings. The van der Waals surface area contributed by atoms with Gasteiger partial charge in [0.25, 0.3) is 0 Å².